The van der Waals surface area contributed by atoms with Crippen molar-refractivity contribution in [3.63, 3.8) is 0 Å². The number of aromatic nitrogens is 2. The maximum Gasteiger partial charge on any atom is 0.0702 e. The smallest absolute Gasteiger partial charge is 0.0702 e. The number of hydrogen-bond acceptors (Lipinski definition) is 1. The first kappa shape index (κ1) is 23.4. The average Bonchev–Trinajstić information content (AvgIpc) is 3.40. The molecule has 0 saturated heterocycles. The summed E-state index contributed by atoms with van der Waals surface area (Å²) in [6.07, 6.45) is 1.86. The van der Waals surface area contributed by atoms with Crippen LogP contribution in [0.4, 0.5) is 0 Å². The Balaban J connectivity index is 1.51. The summed E-state index contributed by atoms with van der Waals surface area (Å²) < 4.78 is 2.46. The Morgan fingerprint density at radius 2 is 1.07 bits per heavy atom. The van der Waals surface area contributed by atoms with Crippen LogP contribution in [0.5, 0.6) is 0 Å². The highest BCUT2D eigenvalue weighted by atomic mass is 15.0. The molecule has 0 unspecified atom stereocenters. The second-order valence-corrected chi connectivity index (χ2v) is 10.5. The Labute approximate surface area is 238 Å². The molecular weight excluding hydrogens is 496 g/mol. The molecule has 0 aliphatic heterocycles. The van der Waals surface area contributed by atoms with Gasteiger partial charge in [-0.25, -0.2) is 0 Å². The van der Waals surface area contributed by atoms with Gasteiger partial charge in [-0.05, 0) is 64.0 Å². The third kappa shape index (κ3) is 4.00. The number of benzene rings is 6. The molecule has 0 radical (unpaired) electrons. The van der Waals surface area contributed by atoms with E-state index in [1.54, 1.807) is 0 Å². The van der Waals surface area contributed by atoms with Gasteiger partial charge in [0.1, 0.15) is 0 Å². The molecule has 0 fully saturated rings. The topological polar surface area (TPSA) is 17.8 Å². The first-order valence-corrected chi connectivity index (χ1v) is 14.0. The average molecular weight is 523 g/mol. The Morgan fingerprint density at radius 3 is 1.78 bits per heavy atom. The Hall–Kier alpha value is -5.47. The highest BCUT2D eigenvalue weighted by molar-refractivity contribution is 6.19. The summed E-state index contributed by atoms with van der Waals surface area (Å²) in [5.41, 5.74) is 10.4. The molecule has 2 nitrogen and oxygen atoms in total. The van der Waals surface area contributed by atoms with Gasteiger partial charge in [0.15, 0.2) is 0 Å². The van der Waals surface area contributed by atoms with Gasteiger partial charge in [0, 0.05) is 33.6 Å². The van der Waals surface area contributed by atoms with Crippen LogP contribution >= 0.6 is 0 Å². The molecule has 0 atom stereocenters. The zero-order valence-electron chi connectivity index (χ0n) is 22.4. The van der Waals surface area contributed by atoms with Gasteiger partial charge in [-0.3, -0.25) is 4.98 Å². The Morgan fingerprint density at radius 1 is 0.415 bits per heavy atom. The number of nitrogens with zero attached hydrogens (tertiary/aromatic N) is 2. The van der Waals surface area contributed by atoms with Gasteiger partial charge >= 0.3 is 0 Å². The fourth-order valence-corrected chi connectivity index (χ4v) is 6.07. The molecule has 2 heteroatoms. The molecule has 0 aliphatic carbocycles. The fourth-order valence-electron chi connectivity index (χ4n) is 6.07. The molecule has 192 valence electrons. The van der Waals surface area contributed by atoms with Gasteiger partial charge in [-0.2, -0.15) is 0 Å². The molecule has 41 heavy (non-hydrogen) atoms. The van der Waals surface area contributed by atoms with Crippen molar-refractivity contribution in [3.05, 3.63) is 158 Å². The Kier molecular flexibility index (Phi) is 5.49. The second kappa shape index (κ2) is 9.62. The molecule has 0 amide bonds. The molecule has 6 aromatic carbocycles. The van der Waals surface area contributed by atoms with Crippen molar-refractivity contribution in [1.82, 2.24) is 9.55 Å². The van der Waals surface area contributed by atoms with E-state index in [2.05, 4.69) is 149 Å². The van der Waals surface area contributed by atoms with Gasteiger partial charge in [0.2, 0.25) is 0 Å². The van der Waals surface area contributed by atoms with E-state index in [4.69, 9.17) is 0 Å². The van der Waals surface area contributed by atoms with Crippen LogP contribution in [0, 0.1) is 0 Å². The summed E-state index contributed by atoms with van der Waals surface area (Å²) in [4.78, 5) is 4.66. The van der Waals surface area contributed by atoms with Gasteiger partial charge in [0.25, 0.3) is 0 Å². The number of rotatable bonds is 4. The lowest BCUT2D eigenvalue weighted by Crippen LogP contribution is -1.97. The lowest BCUT2D eigenvalue weighted by atomic mass is 9.98. The minimum absolute atomic E-state index is 0.971. The summed E-state index contributed by atoms with van der Waals surface area (Å²) in [5, 5.41) is 4.96. The first-order chi connectivity index (χ1) is 20.3. The molecule has 2 heterocycles. The summed E-state index contributed by atoms with van der Waals surface area (Å²) in [5.74, 6) is 0. The van der Waals surface area contributed by atoms with Crippen LogP contribution in [0.3, 0.4) is 0 Å². The SMILES string of the molecule is c1ccc(-c2cc(-c3ccccc3)cc(-n3c4cc(-c5ccccn5)ccc4c4ccc5ccccc5c43)c2)cc1. The third-order valence-corrected chi connectivity index (χ3v) is 8.00. The van der Waals surface area contributed by atoms with E-state index < -0.39 is 0 Å². The van der Waals surface area contributed by atoms with Gasteiger partial charge in [-0.1, -0.05) is 115 Å². The van der Waals surface area contributed by atoms with Crippen LogP contribution in [0.2, 0.25) is 0 Å². The molecule has 0 aliphatic rings. The maximum atomic E-state index is 4.66. The number of pyridine rings is 1. The quantitative estimate of drug-likeness (QED) is 0.225. The van der Waals surface area contributed by atoms with E-state index in [1.807, 2.05) is 18.3 Å². The minimum Gasteiger partial charge on any atom is -0.309 e. The van der Waals surface area contributed by atoms with Crippen LogP contribution in [-0.4, -0.2) is 9.55 Å². The van der Waals surface area contributed by atoms with E-state index in [0.717, 1.165) is 16.9 Å². The standard InChI is InChI=1S/C39H26N2/c1-3-11-27(12-4-1)31-23-32(28-13-5-2-6-14-28)25-33(24-31)41-38-26-30(37-17-9-10-22-40-37)19-20-35(38)36-21-18-29-15-7-8-16-34(29)39(36)41/h1-26H. The summed E-state index contributed by atoms with van der Waals surface area (Å²) >= 11 is 0. The highest BCUT2D eigenvalue weighted by Crippen LogP contribution is 2.40. The molecule has 8 rings (SSSR count). The first-order valence-electron chi connectivity index (χ1n) is 14.0. The summed E-state index contributed by atoms with van der Waals surface area (Å²) in [7, 11) is 0. The van der Waals surface area contributed by atoms with Gasteiger partial charge in [0.05, 0.1) is 16.7 Å². The van der Waals surface area contributed by atoms with E-state index in [1.165, 1.54) is 54.8 Å². The maximum absolute atomic E-state index is 4.66. The fraction of sp³-hybridized carbons (Fsp3) is 0. The van der Waals surface area contributed by atoms with Crippen LogP contribution in [-0.2, 0) is 0 Å². The van der Waals surface area contributed by atoms with Crippen molar-refractivity contribution in [2.45, 2.75) is 0 Å². The lowest BCUT2D eigenvalue weighted by molar-refractivity contribution is 1.19. The van der Waals surface area contributed by atoms with Gasteiger partial charge < -0.3 is 4.57 Å². The minimum atomic E-state index is 0.971. The zero-order valence-corrected chi connectivity index (χ0v) is 22.4. The predicted octanol–water partition coefficient (Wildman–Crippen LogP) is 10.3. The Bertz CT molecular complexity index is 2120. The van der Waals surface area contributed by atoms with Crippen molar-refractivity contribution in [2.75, 3.05) is 0 Å². The summed E-state index contributed by atoms with van der Waals surface area (Å²) in [6, 6.07) is 54.3. The van der Waals surface area contributed by atoms with Crippen LogP contribution in [0.1, 0.15) is 0 Å². The van der Waals surface area contributed by atoms with E-state index in [9.17, 15) is 0 Å². The number of fused-ring (bicyclic) bond motifs is 5. The number of hydrogen-bond donors (Lipinski definition) is 0. The van der Waals surface area contributed by atoms with E-state index in [-0.39, 0.29) is 0 Å². The molecule has 8 aromatic rings. The van der Waals surface area contributed by atoms with Crippen molar-refractivity contribution >= 4 is 32.6 Å². The van der Waals surface area contributed by atoms with Crippen molar-refractivity contribution in [1.29, 1.82) is 0 Å². The third-order valence-electron chi connectivity index (χ3n) is 8.00. The van der Waals surface area contributed by atoms with Crippen molar-refractivity contribution in [2.24, 2.45) is 0 Å². The largest absolute Gasteiger partial charge is 0.309 e. The molecular formula is C39H26N2. The van der Waals surface area contributed by atoms with E-state index >= 15 is 0 Å². The van der Waals surface area contributed by atoms with Crippen LogP contribution < -0.4 is 0 Å². The molecule has 0 spiro atoms. The summed E-state index contributed by atoms with van der Waals surface area (Å²) in [6.45, 7) is 0. The lowest BCUT2D eigenvalue weighted by Gasteiger charge is -2.15. The zero-order chi connectivity index (χ0) is 27.2. The van der Waals surface area contributed by atoms with Crippen molar-refractivity contribution in [3.8, 4) is 39.2 Å². The second-order valence-electron chi connectivity index (χ2n) is 10.5. The molecule has 0 bridgehead atoms. The van der Waals surface area contributed by atoms with Crippen LogP contribution in [0.15, 0.2) is 158 Å². The molecule has 0 N–H and O–H groups in total. The normalized spacial score (nSPS) is 11.4. The molecule has 0 saturated carbocycles. The predicted molar refractivity (Wildman–Crippen MR) is 172 cm³/mol. The highest BCUT2D eigenvalue weighted by Gasteiger charge is 2.17. The van der Waals surface area contributed by atoms with Crippen molar-refractivity contribution < 1.29 is 0 Å². The molecule has 2 aromatic heterocycles. The van der Waals surface area contributed by atoms with Gasteiger partial charge in [-0.15, -0.1) is 0 Å². The monoisotopic (exact) mass is 522 g/mol. The van der Waals surface area contributed by atoms with E-state index in [0.29, 0.717) is 0 Å². The van der Waals surface area contributed by atoms with Crippen LogP contribution in [0.25, 0.3) is 71.8 Å².